The molecule has 6 nitrogen and oxygen atoms in total. The van der Waals surface area contributed by atoms with Gasteiger partial charge in [-0.3, -0.25) is 4.79 Å². The summed E-state index contributed by atoms with van der Waals surface area (Å²) in [6.07, 6.45) is 5.43. The van der Waals surface area contributed by atoms with Gasteiger partial charge < -0.3 is 20.2 Å². The smallest absolute Gasteiger partial charge is 0.317 e. The molecular formula is C15H27N3O3. The first kappa shape index (κ1) is 16.1. The lowest BCUT2D eigenvalue weighted by Gasteiger charge is -2.31. The van der Waals surface area contributed by atoms with Crippen molar-refractivity contribution in [2.75, 3.05) is 39.3 Å². The maximum atomic E-state index is 12.0. The molecule has 0 unspecified atom stereocenters. The number of carboxylic acid groups (broad SMARTS) is 1. The van der Waals surface area contributed by atoms with Crippen molar-refractivity contribution >= 4 is 12.0 Å². The average molecular weight is 297 g/mol. The predicted octanol–water partition coefficient (Wildman–Crippen LogP) is 1.37. The van der Waals surface area contributed by atoms with Crippen LogP contribution in [0.25, 0.3) is 0 Å². The highest BCUT2D eigenvalue weighted by Gasteiger charge is 2.24. The largest absolute Gasteiger partial charge is 0.481 e. The summed E-state index contributed by atoms with van der Waals surface area (Å²) >= 11 is 0. The molecule has 0 atom stereocenters. The molecule has 2 rings (SSSR count). The van der Waals surface area contributed by atoms with Gasteiger partial charge in [0.25, 0.3) is 0 Å². The lowest BCUT2D eigenvalue weighted by molar-refractivity contribution is -0.138. The Morgan fingerprint density at radius 2 is 1.76 bits per heavy atom. The lowest BCUT2D eigenvalue weighted by Crippen LogP contribution is -2.45. The molecule has 0 aliphatic carbocycles. The zero-order chi connectivity index (χ0) is 15.1. The molecule has 0 bridgehead atoms. The van der Waals surface area contributed by atoms with E-state index in [1.165, 1.54) is 25.9 Å². The fourth-order valence-corrected chi connectivity index (χ4v) is 3.20. The minimum absolute atomic E-state index is 0.00481. The number of rotatable bonds is 6. The number of nitrogens with one attached hydrogen (secondary N) is 1. The van der Waals surface area contributed by atoms with Crippen molar-refractivity contribution in [1.82, 2.24) is 15.1 Å². The summed E-state index contributed by atoms with van der Waals surface area (Å²) in [6, 6.07) is 0.00481. The topological polar surface area (TPSA) is 72.9 Å². The summed E-state index contributed by atoms with van der Waals surface area (Å²) in [4.78, 5) is 26.9. The molecule has 2 aliphatic heterocycles. The third kappa shape index (κ3) is 5.53. The van der Waals surface area contributed by atoms with Crippen LogP contribution in [0.4, 0.5) is 4.79 Å². The Balaban J connectivity index is 1.55. The Labute approximate surface area is 126 Å². The van der Waals surface area contributed by atoms with Crippen LogP contribution in [0.2, 0.25) is 0 Å². The van der Waals surface area contributed by atoms with Crippen molar-refractivity contribution < 1.29 is 14.7 Å². The van der Waals surface area contributed by atoms with Crippen LogP contribution in [0.1, 0.15) is 38.5 Å². The number of aliphatic carboxylic acids is 1. The number of piperidine rings is 1. The first-order valence-electron chi connectivity index (χ1n) is 8.12. The summed E-state index contributed by atoms with van der Waals surface area (Å²) in [5.41, 5.74) is 0. The summed E-state index contributed by atoms with van der Waals surface area (Å²) in [5, 5.41) is 11.8. The molecule has 0 radical (unpaired) electrons. The van der Waals surface area contributed by atoms with Crippen molar-refractivity contribution in [2.45, 2.75) is 38.5 Å². The van der Waals surface area contributed by atoms with E-state index in [9.17, 15) is 9.59 Å². The first-order valence-corrected chi connectivity index (χ1v) is 8.12. The number of amides is 2. The second-order valence-electron chi connectivity index (χ2n) is 6.16. The number of likely N-dealkylation sites (tertiary alicyclic amines) is 2. The third-order valence-corrected chi connectivity index (χ3v) is 4.49. The normalized spacial score (nSPS) is 20.7. The molecule has 2 heterocycles. The molecule has 0 aromatic rings. The highest BCUT2D eigenvalue weighted by atomic mass is 16.4. The molecule has 2 saturated heterocycles. The number of carbonyl (C=O) groups is 2. The Morgan fingerprint density at radius 1 is 1.10 bits per heavy atom. The minimum Gasteiger partial charge on any atom is -0.481 e. The lowest BCUT2D eigenvalue weighted by atomic mass is 9.94. The molecule has 0 aromatic heterocycles. The number of nitrogens with zero attached hydrogens (tertiary/aromatic N) is 2. The Bertz CT molecular complexity index is 348. The molecule has 0 saturated carbocycles. The molecule has 120 valence electrons. The van der Waals surface area contributed by atoms with E-state index < -0.39 is 5.97 Å². The van der Waals surface area contributed by atoms with Gasteiger partial charge in [0.05, 0.1) is 0 Å². The first-order chi connectivity index (χ1) is 10.1. The van der Waals surface area contributed by atoms with Crippen LogP contribution in [0.5, 0.6) is 0 Å². The van der Waals surface area contributed by atoms with Gasteiger partial charge in [-0.2, -0.15) is 0 Å². The van der Waals surface area contributed by atoms with Crippen molar-refractivity contribution in [1.29, 1.82) is 0 Å². The van der Waals surface area contributed by atoms with Gasteiger partial charge in [0.15, 0.2) is 0 Å². The van der Waals surface area contributed by atoms with Crippen LogP contribution in [-0.4, -0.2) is 66.2 Å². The second kappa shape index (κ2) is 8.22. The van der Waals surface area contributed by atoms with Crippen molar-refractivity contribution in [2.24, 2.45) is 5.92 Å². The third-order valence-electron chi connectivity index (χ3n) is 4.49. The van der Waals surface area contributed by atoms with Crippen LogP contribution in [0, 0.1) is 5.92 Å². The Morgan fingerprint density at radius 3 is 2.38 bits per heavy atom. The number of carboxylic acids is 1. The molecule has 0 spiro atoms. The van der Waals surface area contributed by atoms with Crippen molar-refractivity contribution in [3.8, 4) is 0 Å². The monoisotopic (exact) mass is 297 g/mol. The molecule has 2 aliphatic rings. The zero-order valence-corrected chi connectivity index (χ0v) is 12.7. The molecule has 2 fully saturated rings. The number of hydrogen-bond acceptors (Lipinski definition) is 3. The fraction of sp³-hybridized carbons (Fsp3) is 0.867. The minimum atomic E-state index is -0.736. The number of urea groups is 1. The SMILES string of the molecule is O=C(O)CC1CCN(C(=O)NCCCN2CCCC2)CC1. The molecule has 0 aromatic carbocycles. The molecule has 2 N–H and O–H groups in total. The van der Waals surface area contributed by atoms with Gasteiger partial charge in [0.1, 0.15) is 0 Å². The van der Waals surface area contributed by atoms with Gasteiger partial charge in [-0.05, 0) is 57.7 Å². The van der Waals surface area contributed by atoms with Crippen LogP contribution < -0.4 is 5.32 Å². The van der Waals surface area contributed by atoms with E-state index in [0.717, 1.165) is 32.4 Å². The summed E-state index contributed by atoms with van der Waals surface area (Å²) in [7, 11) is 0. The summed E-state index contributed by atoms with van der Waals surface area (Å²) < 4.78 is 0. The van der Waals surface area contributed by atoms with Crippen LogP contribution >= 0.6 is 0 Å². The van der Waals surface area contributed by atoms with Crippen LogP contribution in [0.3, 0.4) is 0 Å². The van der Waals surface area contributed by atoms with E-state index in [-0.39, 0.29) is 18.4 Å². The predicted molar refractivity (Wildman–Crippen MR) is 80.2 cm³/mol. The van der Waals surface area contributed by atoms with Crippen LogP contribution in [0.15, 0.2) is 0 Å². The van der Waals surface area contributed by atoms with E-state index in [4.69, 9.17) is 5.11 Å². The van der Waals surface area contributed by atoms with Gasteiger partial charge in [-0.15, -0.1) is 0 Å². The summed E-state index contributed by atoms with van der Waals surface area (Å²) in [6.45, 7) is 5.55. The van der Waals surface area contributed by atoms with E-state index in [1.807, 2.05) is 4.90 Å². The van der Waals surface area contributed by atoms with E-state index >= 15 is 0 Å². The highest BCUT2D eigenvalue weighted by molar-refractivity contribution is 5.74. The van der Waals surface area contributed by atoms with Gasteiger partial charge in [0, 0.05) is 26.1 Å². The highest BCUT2D eigenvalue weighted by Crippen LogP contribution is 2.20. The van der Waals surface area contributed by atoms with Gasteiger partial charge in [0.2, 0.25) is 0 Å². The maximum Gasteiger partial charge on any atom is 0.317 e. The van der Waals surface area contributed by atoms with Gasteiger partial charge in [-0.25, -0.2) is 4.79 Å². The van der Waals surface area contributed by atoms with Gasteiger partial charge >= 0.3 is 12.0 Å². The zero-order valence-electron chi connectivity index (χ0n) is 12.7. The average Bonchev–Trinajstić information content (AvgIpc) is 2.97. The van der Waals surface area contributed by atoms with Crippen LogP contribution in [-0.2, 0) is 4.79 Å². The summed E-state index contributed by atoms with van der Waals surface area (Å²) in [5.74, 6) is -0.512. The quantitative estimate of drug-likeness (QED) is 0.726. The maximum absolute atomic E-state index is 12.0. The second-order valence-corrected chi connectivity index (χ2v) is 6.16. The van der Waals surface area contributed by atoms with E-state index in [2.05, 4.69) is 10.2 Å². The Hall–Kier alpha value is -1.30. The number of hydrogen-bond donors (Lipinski definition) is 2. The molecular weight excluding hydrogens is 270 g/mol. The van der Waals surface area contributed by atoms with Gasteiger partial charge in [-0.1, -0.05) is 0 Å². The van der Waals surface area contributed by atoms with E-state index in [0.29, 0.717) is 13.1 Å². The van der Waals surface area contributed by atoms with E-state index in [1.54, 1.807) is 0 Å². The number of carbonyl (C=O) groups excluding carboxylic acids is 1. The fourth-order valence-electron chi connectivity index (χ4n) is 3.20. The van der Waals surface area contributed by atoms with Crippen molar-refractivity contribution in [3.05, 3.63) is 0 Å². The van der Waals surface area contributed by atoms with Crippen molar-refractivity contribution in [3.63, 3.8) is 0 Å². The standard InChI is InChI=1S/C15H27N3O3/c19-14(20)12-13-4-10-18(11-5-13)15(21)16-6-3-9-17-7-1-2-8-17/h13H,1-12H2,(H,16,21)(H,19,20). The molecule has 6 heteroatoms. The molecule has 21 heavy (non-hydrogen) atoms. The molecule has 2 amide bonds. The Kier molecular flexibility index (Phi) is 6.29.